The van der Waals surface area contributed by atoms with Crippen LogP contribution in [0.15, 0.2) is 18.2 Å². The molecule has 0 spiro atoms. The van der Waals surface area contributed by atoms with Gasteiger partial charge in [0.2, 0.25) is 5.78 Å². The van der Waals surface area contributed by atoms with Gasteiger partial charge in [-0.3, -0.25) is 9.48 Å². The normalized spacial score (nSPS) is 11.5. The maximum atomic E-state index is 12.2. The van der Waals surface area contributed by atoms with E-state index in [2.05, 4.69) is 11.7 Å². The van der Waals surface area contributed by atoms with E-state index in [1.165, 1.54) is 13.1 Å². The second kappa shape index (κ2) is 3.52. The predicted molar refractivity (Wildman–Crippen MR) is 47.5 cm³/mol. The molecule has 0 aliphatic heterocycles. The molecular weight excluding hydrogens is 209 g/mol. The number of carbonyl (C=O) groups excluding carboxylic acids is 1. The molecule has 0 radical (unpaired) electrons. The Balaban J connectivity index is 3.06. The van der Waals surface area contributed by atoms with Crippen molar-refractivity contribution in [2.24, 2.45) is 7.05 Å². The van der Waals surface area contributed by atoms with Crippen molar-refractivity contribution in [1.29, 1.82) is 0 Å². The van der Waals surface area contributed by atoms with Gasteiger partial charge in [-0.15, -0.1) is 0 Å². The topological polar surface area (TPSA) is 34.9 Å². The summed E-state index contributed by atoms with van der Waals surface area (Å²) in [6, 6.07) is 1.29. The third kappa shape index (κ3) is 2.26. The average Bonchev–Trinajstić information content (AvgIpc) is 2.41. The number of allylic oxidation sites excluding steroid dienone is 1. The summed E-state index contributed by atoms with van der Waals surface area (Å²) in [5, 5.41) is 3.78. The number of Topliss-reactive ketones (excluding diaryl/α,β-unsaturated/α-hetero) is 1. The van der Waals surface area contributed by atoms with Gasteiger partial charge in [0, 0.05) is 7.05 Å². The van der Waals surface area contributed by atoms with Crippen LogP contribution in [0.3, 0.4) is 0 Å². The number of alkyl halides is 3. The largest absolute Gasteiger partial charge is 0.419 e. The predicted octanol–water partition coefficient (Wildman–Crippen LogP) is 2.03. The van der Waals surface area contributed by atoms with E-state index in [0.29, 0.717) is 5.69 Å². The van der Waals surface area contributed by atoms with Gasteiger partial charge in [-0.05, 0) is 13.0 Å². The van der Waals surface area contributed by atoms with Crippen molar-refractivity contribution in [3.63, 3.8) is 0 Å². The third-order valence-electron chi connectivity index (χ3n) is 1.85. The standard InChI is InChI=1S/C9H9F3N2O/c1-5-4-7(14(3)13-5)8(15)6(2)9(10,11)12/h4H,2H2,1,3H3. The first-order chi connectivity index (χ1) is 6.73. The third-order valence-corrected chi connectivity index (χ3v) is 1.85. The number of rotatable bonds is 2. The second-order valence-corrected chi connectivity index (χ2v) is 3.10. The van der Waals surface area contributed by atoms with Crippen LogP contribution in [0.1, 0.15) is 16.2 Å². The number of ketones is 1. The Morgan fingerprint density at radius 2 is 2.07 bits per heavy atom. The highest BCUT2D eigenvalue weighted by molar-refractivity contribution is 6.08. The quantitative estimate of drug-likeness (QED) is 0.562. The smallest absolute Gasteiger partial charge is 0.287 e. The van der Waals surface area contributed by atoms with Crippen molar-refractivity contribution in [1.82, 2.24) is 9.78 Å². The first-order valence-corrected chi connectivity index (χ1v) is 4.05. The van der Waals surface area contributed by atoms with Gasteiger partial charge < -0.3 is 0 Å². The van der Waals surface area contributed by atoms with E-state index >= 15 is 0 Å². The molecule has 82 valence electrons. The van der Waals surface area contributed by atoms with E-state index in [4.69, 9.17) is 0 Å². The molecule has 1 heterocycles. The fraction of sp³-hybridized carbons (Fsp3) is 0.333. The zero-order valence-electron chi connectivity index (χ0n) is 8.22. The Morgan fingerprint density at radius 3 is 2.40 bits per heavy atom. The number of nitrogens with zero attached hydrogens (tertiary/aromatic N) is 2. The Morgan fingerprint density at radius 1 is 1.53 bits per heavy atom. The van der Waals surface area contributed by atoms with Crippen LogP contribution in [0.2, 0.25) is 0 Å². The highest BCUT2D eigenvalue weighted by Crippen LogP contribution is 2.26. The molecule has 1 aromatic heterocycles. The minimum Gasteiger partial charge on any atom is -0.287 e. The summed E-state index contributed by atoms with van der Waals surface area (Å²) in [6.07, 6.45) is -4.70. The van der Waals surface area contributed by atoms with Crippen LogP contribution in [-0.2, 0) is 7.05 Å². The lowest BCUT2D eigenvalue weighted by molar-refractivity contribution is -0.0884. The first kappa shape index (κ1) is 11.5. The summed E-state index contributed by atoms with van der Waals surface area (Å²) in [7, 11) is 1.41. The molecule has 0 fully saturated rings. The zero-order valence-corrected chi connectivity index (χ0v) is 8.22. The van der Waals surface area contributed by atoms with Crippen molar-refractivity contribution in [2.45, 2.75) is 13.1 Å². The molecule has 0 saturated carbocycles. The maximum Gasteiger partial charge on any atom is 0.419 e. The molecule has 0 N–H and O–H groups in total. The van der Waals surface area contributed by atoms with Crippen LogP contribution in [0.4, 0.5) is 13.2 Å². The van der Waals surface area contributed by atoms with Crippen molar-refractivity contribution in [2.75, 3.05) is 0 Å². The molecule has 3 nitrogen and oxygen atoms in total. The molecule has 15 heavy (non-hydrogen) atoms. The minimum absolute atomic E-state index is 0.116. The Kier molecular flexibility index (Phi) is 2.70. The summed E-state index contributed by atoms with van der Waals surface area (Å²) >= 11 is 0. The van der Waals surface area contributed by atoms with Gasteiger partial charge in [0.25, 0.3) is 0 Å². The van der Waals surface area contributed by atoms with Crippen molar-refractivity contribution in [3.8, 4) is 0 Å². The summed E-state index contributed by atoms with van der Waals surface area (Å²) in [6.45, 7) is 4.33. The number of halogens is 3. The molecule has 0 bridgehead atoms. The summed E-state index contributed by atoms with van der Waals surface area (Å²) in [5.74, 6) is -1.15. The highest BCUT2D eigenvalue weighted by Gasteiger charge is 2.38. The number of hydrogen-bond donors (Lipinski definition) is 0. The lowest BCUT2D eigenvalue weighted by Gasteiger charge is -2.08. The van der Waals surface area contributed by atoms with E-state index in [0.717, 1.165) is 4.68 Å². The number of aryl methyl sites for hydroxylation is 2. The minimum atomic E-state index is -4.70. The fourth-order valence-corrected chi connectivity index (χ4v) is 1.11. The summed E-state index contributed by atoms with van der Waals surface area (Å²) in [4.78, 5) is 11.3. The molecule has 0 atom stereocenters. The van der Waals surface area contributed by atoms with Crippen LogP contribution >= 0.6 is 0 Å². The van der Waals surface area contributed by atoms with Gasteiger partial charge in [-0.1, -0.05) is 6.58 Å². The van der Waals surface area contributed by atoms with Crippen molar-refractivity contribution < 1.29 is 18.0 Å². The summed E-state index contributed by atoms with van der Waals surface area (Å²) < 4.78 is 37.6. The first-order valence-electron chi connectivity index (χ1n) is 4.05. The van der Waals surface area contributed by atoms with Crippen molar-refractivity contribution >= 4 is 5.78 Å². The van der Waals surface area contributed by atoms with Crippen LogP contribution in [0.25, 0.3) is 0 Å². The lowest BCUT2D eigenvalue weighted by atomic mass is 10.1. The molecule has 1 aromatic rings. The molecular formula is C9H9F3N2O. The van der Waals surface area contributed by atoms with Crippen LogP contribution in [0, 0.1) is 6.92 Å². The van der Waals surface area contributed by atoms with Crippen LogP contribution in [0.5, 0.6) is 0 Å². The average molecular weight is 218 g/mol. The molecule has 0 saturated heterocycles. The van der Waals surface area contributed by atoms with Gasteiger partial charge in [0.15, 0.2) is 0 Å². The SMILES string of the molecule is C=C(C(=O)c1cc(C)nn1C)C(F)(F)F. The molecule has 0 aliphatic rings. The monoisotopic (exact) mass is 218 g/mol. The van der Waals surface area contributed by atoms with Crippen LogP contribution in [-0.4, -0.2) is 21.7 Å². The van der Waals surface area contributed by atoms with Crippen molar-refractivity contribution in [3.05, 3.63) is 29.6 Å². The van der Waals surface area contributed by atoms with E-state index < -0.39 is 17.5 Å². The van der Waals surface area contributed by atoms with E-state index in [9.17, 15) is 18.0 Å². The fourth-order valence-electron chi connectivity index (χ4n) is 1.11. The molecule has 0 amide bonds. The van der Waals surface area contributed by atoms with E-state index in [1.807, 2.05) is 0 Å². The Labute approximate surface area is 84.2 Å². The number of aromatic nitrogens is 2. The zero-order chi connectivity index (χ0) is 11.8. The molecule has 0 unspecified atom stereocenters. The molecule has 0 aliphatic carbocycles. The van der Waals surface area contributed by atoms with E-state index in [-0.39, 0.29) is 5.69 Å². The van der Waals surface area contributed by atoms with Crippen LogP contribution < -0.4 is 0 Å². The maximum absolute atomic E-state index is 12.2. The number of hydrogen-bond acceptors (Lipinski definition) is 2. The Hall–Kier alpha value is -1.59. The number of carbonyl (C=O) groups is 1. The molecule has 6 heteroatoms. The van der Waals surface area contributed by atoms with E-state index in [1.54, 1.807) is 6.92 Å². The second-order valence-electron chi connectivity index (χ2n) is 3.10. The van der Waals surface area contributed by atoms with Gasteiger partial charge in [0.1, 0.15) is 5.69 Å². The Bertz CT molecular complexity index is 417. The molecule has 0 aromatic carbocycles. The molecule has 1 rings (SSSR count). The van der Waals surface area contributed by atoms with Gasteiger partial charge in [-0.2, -0.15) is 18.3 Å². The lowest BCUT2D eigenvalue weighted by Crippen LogP contribution is -2.21. The van der Waals surface area contributed by atoms with Gasteiger partial charge in [-0.25, -0.2) is 0 Å². The summed E-state index contributed by atoms with van der Waals surface area (Å²) in [5.41, 5.74) is -1.02. The van der Waals surface area contributed by atoms with Gasteiger partial charge in [0.05, 0.1) is 11.3 Å². The highest BCUT2D eigenvalue weighted by atomic mass is 19.4. The van der Waals surface area contributed by atoms with Gasteiger partial charge >= 0.3 is 6.18 Å².